The third-order valence-corrected chi connectivity index (χ3v) is 6.12. The van der Waals surface area contributed by atoms with E-state index in [4.69, 9.17) is 4.74 Å². The fraction of sp³-hybridized carbons (Fsp3) is 0.423. The van der Waals surface area contributed by atoms with Crippen molar-refractivity contribution in [3.63, 3.8) is 0 Å². The van der Waals surface area contributed by atoms with Crippen molar-refractivity contribution in [3.8, 4) is 5.75 Å². The largest absolute Gasteiger partial charge is 0.497 e. The molecule has 2 aromatic rings. The van der Waals surface area contributed by atoms with E-state index in [-0.39, 0.29) is 23.6 Å². The van der Waals surface area contributed by atoms with Crippen molar-refractivity contribution in [2.45, 2.75) is 39.2 Å². The molecule has 0 saturated carbocycles. The Morgan fingerprint density at radius 1 is 1.09 bits per heavy atom. The second-order valence-corrected chi connectivity index (χ2v) is 8.42. The zero-order chi connectivity index (χ0) is 23.8. The number of carbonyl (C=O) groups is 3. The summed E-state index contributed by atoms with van der Waals surface area (Å²) in [5.41, 5.74) is 2.01. The second-order valence-electron chi connectivity index (χ2n) is 8.42. The van der Waals surface area contributed by atoms with Crippen LogP contribution in [0.1, 0.15) is 52.5 Å². The normalized spacial score (nSPS) is 14.9. The van der Waals surface area contributed by atoms with E-state index >= 15 is 0 Å². The zero-order valence-corrected chi connectivity index (χ0v) is 19.6. The number of ether oxygens (including phenoxy) is 1. The molecule has 0 aliphatic carbocycles. The van der Waals surface area contributed by atoms with Crippen LogP contribution in [-0.2, 0) is 4.79 Å². The first kappa shape index (κ1) is 24.3. The topological polar surface area (TPSA) is 87.7 Å². The van der Waals surface area contributed by atoms with E-state index in [1.54, 1.807) is 42.3 Å². The van der Waals surface area contributed by atoms with Gasteiger partial charge in [0.2, 0.25) is 5.91 Å². The Labute approximate surface area is 195 Å². The highest BCUT2D eigenvalue weighted by Gasteiger charge is 2.34. The van der Waals surface area contributed by atoms with Gasteiger partial charge < -0.3 is 20.3 Å². The van der Waals surface area contributed by atoms with E-state index in [9.17, 15) is 14.4 Å². The third kappa shape index (κ3) is 6.12. The lowest BCUT2D eigenvalue weighted by molar-refractivity contribution is -0.124. The van der Waals surface area contributed by atoms with Gasteiger partial charge in [0, 0.05) is 30.8 Å². The fourth-order valence-corrected chi connectivity index (χ4v) is 4.18. The van der Waals surface area contributed by atoms with Gasteiger partial charge in [0.1, 0.15) is 11.8 Å². The van der Waals surface area contributed by atoms with Gasteiger partial charge in [0.25, 0.3) is 11.8 Å². The standard InChI is InChI=1S/C26H33N3O4/c1-4-14-27-25(31)23(28-24(30)22-11-6-5-8-18(22)2)19-12-15-29(16-13-19)26(32)20-9-7-10-21(17-20)33-3/h5-11,17,19,23H,4,12-16H2,1-3H3,(H,27,31)(H,28,30)/t23-/m0/s1. The van der Waals surface area contributed by atoms with E-state index in [1.165, 1.54) is 0 Å². The molecule has 1 fully saturated rings. The van der Waals surface area contributed by atoms with Crippen molar-refractivity contribution in [2.75, 3.05) is 26.7 Å². The van der Waals surface area contributed by atoms with Gasteiger partial charge in [-0.3, -0.25) is 14.4 Å². The molecule has 0 unspecified atom stereocenters. The summed E-state index contributed by atoms with van der Waals surface area (Å²) in [6, 6.07) is 13.8. The summed E-state index contributed by atoms with van der Waals surface area (Å²) in [5, 5.41) is 5.90. The summed E-state index contributed by atoms with van der Waals surface area (Å²) in [7, 11) is 1.57. The summed E-state index contributed by atoms with van der Waals surface area (Å²) in [6.45, 7) is 5.48. The van der Waals surface area contributed by atoms with Gasteiger partial charge in [0.15, 0.2) is 0 Å². The molecule has 1 saturated heterocycles. The van der Waals surface area contributed by atoms with Crippen molar-refractivity contribution in [1.82, 2.24) is 15.5 Å². The molecule has 2 aromatic carbocycles. The summed E-state index contributed by atoms with van der Waals surface area (Å²) < 4.78 is 5.23. The Kier molecular flexibility index (Phi) is 8.46. The summed E-state index contributed by atoms with van der Waals surface area (Å²) >= 11 is 0. The monoisotopic (exact) mass is 451 g/mol. The third-order valence-electron chi connectivity index (χ3n) is 6.12. The first-order chi connectivity index (χ1) is 15.9. The Morgan fingerprint density at radius 2 is 1.82 bits per heavy atom. The highest BCUT2D eigenvalue weighted by molar-refractivity contribution is 5.98. The molecule has 0 aromatic heterocycles. The van der Waals surface area contributed by atoms with Crippen molar-refractivity contribution in [1.29, 1.82) is 0 Å². The fourth-order valence-electron chi connectivity index (χ4n) is 4.18. The van der Waals surface area contributed by atoms with Gasteiger partial charge in [-0.05, 0) is 61.9 Å². The van der Waals surface area contributed by atoms with Gasteiger partial charge in [-0.2, -0.15) is 0 Å². The van der Waals surface area contributed by atoms with Crippen LogP contribution in [0.5, 0.6) is 5.75 Å². The van der Waals surface area contributed by atoms with E-state index in [0.717, 1.165) is 12.0 Å². The molecular weight excluding hydrogens is 418 g/mol. The Morgan fingerprint density at radius 3 is 2.48 bits per heavy atom. The number of nitrogens with zero attached hydrogens (tertiary/aromatic N) is 1. The lowest BCUT2D eigenvalue weighted by Gasteiger charge is -2.36. The molecule has 1 aliphatic rings. The van der Waals surface area contributed by atoms with Crippen molar-refractivity contribution >= 4 is 17.7 Å². The Bertz CT molecular complexity index is 983. The molecule has 1 aliphatic heterocycles. The Balaban J connectivity index is 1.69. The number of hydrogen-bond acceptors (Lipinski definition) is 4. The maximum Gasteiger partial charge on any atom is 0.253 e. The van der Waals surface area contributed by atoms with E-state index < -0.39 is 6.04 Å². The predicted octanol–water partition coefficient (Wildman–Crippen LogP) is 3.18. The van der Waals surface area contributed by atoms with Crippen LogP contribution in [0.15, 0.2) is 48.5 Å². The Hall–Kier alpha value is -3.35. The summed E-state index contributed by atoms with van der Waals surface area (Å²) in [6.07, 6.45) is 2.08. The number of piperidine rings is 1. The molecule has 7 nitrogen and oxygen atoms in total. The minimum absolute atomic E-state index is 0.0517. The zero-order valence-electron chi connectivity index (χ0n) is 19.6. The van der Waals surface area contributed by atoms with Crippen LogP contribution in [0.4, 0.5) is 0 Å². The maximum absolute atomic E-state index is 12.9. The lowest BCUT2D eigenvalue weighted by Crippen LogP contribution is -2.54. The molecule has 176 valence electrons. The average Bonchev–Trinajstić information content (AvgIpc) is 2.85. The van der Waals surface area contributed by atoms with Crippen LogP contribution < -0.4 is 15.4 Å². The lowest BCUT2D eigenvalue weighted by atomic mass is 9.88. The number of aryl methyl sites for hydroxylation is 1. The number of likely N-dealkylation sites (tertiary alicyclic amines) is 1. The smallest absolute Gasteiger partial charge is 0.253 e. The molecule has 0 spiro atoms. The average molecular weight is 452 g/mol. The minimum Gasteiger partial charge on any atom is -0.497 e. The van der Waals surface area contributed by atoms with Gasteiger partial charge in [-0.25, -0.2) is 0 Å². The molecule has 3 rings (SSSR count). The van der Waals surface area contributed by atoms with Crippen LogP contribution in [0, 0.1) is 12.8 Å². The van der Waals surface area contributed by atoms with E-state index in [1.807, 2.05) is 32.0 Å². The van der Waals surface area contributed by atoms with Gasteiger partial charge >= 0.3 is 0 Å². The summed E-state index contributed by atoms with van der Waals surface area (Å²) in [5.74, 6) is 0.116. The molecule has 1 heterocycles. The second kappa shape index (κ2) is 11.5. The molecule has 1 atom stereocenters. The number of benzene rings is 2. The SMILES string of the molecule is CCCNC(=O)[C@@H](NC(=O)c1ccccc1C)C1CCN(C(=O)c2cccc(OC)c2)CC1. The van der Waals surface area contributed by atoms with Crippen molar-refractivity contribution < 1.29 is 19.1 Å². The quantitative estimate of drug-likeness (QED) is 0.645. The number of carbonyl (C=O) groups excluding carboxylic acids is 3. The van der Waals surface area contributed by atoms with Crippen molar-refractivity contribution in [2.24, 2.45) is 5.92 Å². The number of rotatable bonds is 8. The number of methoxy groups -OCH3 is 1. The molecular formula is C26H33N3O4. The van der Waals surface area contributed by atoms with Crippen LogP contribution in [0.3, 0.4) is 0 Å². The maximum atomic E-state index is 12.9. The molecule has 0 radical (unpaired) electrons. The first-order valence-electron chi connectivity index (χ1n) is 11.5. The molecule has 7 heteroatoms. The molecule has 0 bridgehead atoms. The van der Waals surface area contributed by atoms with Gasteiger partial charge in [0.05, 0.1) is 7.11 Å². The van der Waals surface area contributed by atoms with E-state index in [2.05, 4.69) is 10.6 Å². The first-order valence-corrected chi connectivity index (χ1v) is 11.5. The van der Waals surface area contributed by atoms with Gasteiger partial charge in [-0.1, -0.05) is 31.2 Å². The number of hydrogen-bond donors (Lipinski definition) is 2. The van der Waals surface area contributed by atoms with E-state index in [0.29, 0.717) is 49.4 Å². The highest BCUT2D eigenvalue weighted by Crippen LogP contribution is 2.24. The predicted molar refractivity (Wildman–Crippen MR) is 127 cm³/mol. The molecule has 2 N–H and O–H groups in total. The highest BCUT2D eigenvalue weighted by atomic mass is 16.5. The van der Waals surface area contributed by atoms with Crippen molar-refractivity contribution in [3.05, 3.63) is 65.2 Å². The summed E-state index contributed by atoms with van der Waals surface area (Å²) in [4.78, 5) is 40.6. The van der Waals surface area contributed by atoms with Crippen LogP contribution >= 0.6 is 0 Å². The van der Waals surface area contributed by atoms with Gasteiger partial charge in [-0.15, -0.1) is 0 Å². The van der Waals surface area contributed by atoms with Crippen LogP contribution in [0.25, 0.3) is 0 Å². The van der Waals surface area contributed by atoms with Crippen LogP contribution in [-0.4, -0.2) is 55.4 Å². The molecule has 33 heavy (non-hydrogen) atoms. The number of nitrogens with one attached hydrogen (secondary N) is 2. The molecule has 3 amide bonds. The minimum atomic E-state index is -0.641. The van der Waals surface area contributed by atoms with Crippen LogP contribution in [0.2, 0.25) is 0 Å². The number of amides is 3.